The second kappa shape index (κ2) is 7.95. The molecule has 1 saturated heterocycles. The molecule has 1 aliphatic heterocycles. The summed E-state index contributed by atoms with van der Waals surface area (Å²) in [5.41, 5.74) is 0.715. The van der Waals surface area contributed by atoms with E-state index < -0.39 is 17.5 Å². The molecule has 4 rings (SSSR count). The molecule has 1 aromatic heterocycles. The number of nitrogens with zero attached hydrogens (tertiary/aromatic N) is 2. The number of likely N-dealkylation sites (tertiary alicyclic amines) is 1. The number of rotatable bonds is 5. The van der Waals surface area contributed by atoms with Gasteiger partial charge in [-0.3, -0.25) is 9.59 Å². The number of halogens is 2. The van der Waals surface area contributed by atoms with Gasteiger partial charge in [0.1, 0.15) is 11.6 Å². The zero-order valence-electron chi connectivity index (χ0n) is 15.3. The molecule has 1 saturated carbocycles. The molecule has 1 aliphatic carbocycles. The molecule has 28 heavy (non-hydrogen) atoms. The van der Waals surface area contributed by atoms with Crippen LogP contribution >= 0.6 is 11.3 Å². The minimum absolute atomic E-state index is 0.0825. The van der Waals surface area contributed by atoms with Crippen molar-refractivity contribution in [2.75, 3.05) is 13.1 Å². The highest BCUT2D eigenvalue weighted by Gasteiger charge is 2.30. The van der Waals surface area contributed by atoms with Crippen LogP contribution in [0.1, 0.15) is 52.7 Å². The van der Waals surface area contributed by atoms with Gasteiger partial charge in [-0.15, -0.1) is 11.3 Å². The quantitative estimate of drug-likeness (QED) is 0.829. The van der Waals surface area contributed by atoms with Gasteiger partial charge in [-0.25, -0.2) is 13.8 Å². The van der Waals surface area contributed by atoms with Crippen molar-refractivity contribution in [2.45, 2.75) is 38.1 Å². The zero-order valence-corrected chi connectivity index (χ0v) is 16.1. The molecule has 8 heteroatoms. The molecule has 0 spiro atoms. The van der Waals surface area contributed by atoms with Gasteiger partial charge in [-0.05, 0) is 37.8 Å². The summed E-state index contributed by atoms with van der Waals surface area (Å²) in [7, 11) is 0. The van der Waals surface area contributed by atoms with Crippen LogP contribution in [0, 0.1) is 17.6 Å². The lowest BCUT2D eigenvalue weighted by Crippen LogP contribution is -2.39. The van der Waals surface area contributed by atoms with Gasteiger partial charge in [0.2, 0.25) is 5.91 Å². The summed E-state index contributed by atoms with van der Waals surface area (Å²) in [6.45, 7) is 1.42. The Morgan fingerprint density at radius 1 is 1.25 bits per heavy atom. The molecule has 2 aromatic rings. The molecule has 0 unspecified atom stereocenters. The van der Waals surface area contributed by atoms with Crippen LogP contribution in [-0.2, 0) is 11.3 Å². The Bertz CT molecular complexity index is 897. The van der Waals surface area contributed by atoms with Gasteiger partial charge in [0.25, 0.3) is 5.91 Å². The predicted molar refractivity (Wildman–Crippen MR) is 101 cm³/mol. The molecule has 0 radical (unpaired) electrons. The van der Waals surface area contributed by atoms with Gasteiger partial charge >= 0.3 is 0 Å². The van der Waals surface area contributed by atoms with Crippen molar-refractivity contribution in [3.05, 3.63) is 51.5 Å². The van der Waals surface area contributed by atoms with Crippen molar-refractivity contribution in [2.24, 2.45) is 5.92 Å². The van der Waals surface area contributed by atoms with E-state index in [1.807, 2.05) is 5.38 Å². The van der Waals surface area contributed by atoms with Crippen LogP contribution in [0.2, 0.25) is 0 Å². The van der Waals surface area contributed by atoms with Crippen molar-refractivity contribution in [3.8, 4) is 0 Å². The van der Waals surface area contributed by atoms with Crippen molar-refractivity contribution in [3.63, 3.8) is 0 Å². The van der Waals surface area contributed by atoms with Crippen LogP contribution in [0.25, 0.3) is 0 Å². The minimum atomic E-state index is -0.838. The third-order valence-electron chi connectivity index (χ3n) is 5.18. The summed E-state index contributed by atoms with van der Waals surface area (Å²) in [5, 5.41) is 5.76. The maximum absolute atomic E-state index is 14.0. The van der Waals surface area contributed by atoms with Crippen LogP contribution in [-0.4, -0.2) is 34.8 Å². The maximum atomic E-state index is 14.0. The number of hydrogen-bond donors (Lipinski definition) is 1. The van der Waals surface area contributed by atoms with Crippen LogP contribution in [0.5, 0.6) is 0 Å². The van der Waals surface area contributed by atoms with Gasteiger partial charge < -0.3 is 10.2 Å². The Labute approximate surface area is 165 Å². The predicted octanol–water partition coefficient (Wildman–Crippen LogP) is 3.47. The van der Waals surface area contributed by atoms with Gasteiger partial charge in [0.05, 0.1) is 22.8 Å². The monoisotopic (exact) mass is 405 g/mol. The lowest BCUT2D eigenvalue weighted by Gasteiger charge is -2.32. The number of amides is 2. The number of hydrogen-bond acceptors (Lipinski definition) is 4. The second-order valence-electron chi connectivity index (χ2n) is 7.38. The summed E-state index contributed by atoms with van der Waals surface area (Å²) in [5.74, 6) is -1.62. The SMILES string of the molecule is O=C(NCc1csc([C@@H]2CCCN(C(=O)c3ccc(F)cc3F)C2)n1)C1CC1. The van der Waals surface area contributed by atoms with Gasteiger partial charge in [0, 0.05) is 36.4 Å². The summed E-state index contributed by atoms with van der Waals surface area (Å²) in [4.78, 5) is 30.6. The van der Waals surface area contributed by atoms with E-state index in [0.717, 1.165) is 48.5 Å². The van der Waals surface area contributed by atoms with E-state index in [1.54, 1.807) is 4.90 Å². The molecule has 2 amide bonds. The van der Waals surface area contributed by atoms with Crippen LogP contribution < -0.4 is 5.32 Å². The first kappa shape index (κ1) is 19.0. The smallest absolute Gasteiger partial charge is 0.256 e. The number of carbonyl (C=O) groups is 2. The van der Waals surface area contributed by atoms with Crippen molar-refractivity contribution < 1.29 is 18.4 Å². The lowest BCUT2D eigenvalue weighted by molar-refractivity contribution is -0.122. The molecule has 148 valence electrons. The highest BCUT2D eigenvalue weighted by Crippen LogP contribution is 2.31. The summed E-state index contributed by atoms with van der Waals surface area (Å²) >= 11 is 1.52. The fourth-order valence-electron chi connectivity index (χ4n) is 3.46. The Hall–Kier alpha value is -2.35. The molecule has 2 fully saturated rings. The summed E-state index contributed by atoms with van der Waals surface area (Å²) < 4.78 is 27.1. The number of aromatic nitrogens is 1. The van der Waals surface area contributed by atoms with Crippen LogP contribution in [0.3, 0.4) is 0 Å². The van der Waals surface area contributed by atoms with Gasteiger partial charge in [-0.1, -0.05) is 0 Å². The molecule has 5 nitrogen and oxygen atoms in total. The highest BCUT2D eigenvalue weighted by atomic mass is 32.1. The fourth-order valence-corrected chi connectivity index (χ4v) is 4.40. The van der Waals surface area contributed by atoms with E-state index in [1.165, 1.54) is 17.4 Å². The molecular formula is C20H21F2N3O2S. The molecule has 1 aromatic carbocycles. The summed E-state index contributed by atoms with van der Waals surface area (Å²) in [6, 6.07) is 3.03. The Morgan fingerprint density at radius 2 is 2.07 bits per heavy atom. The van der Waals surface area contributed by atoms with E-state index in [0.29, 0.717) is 19.6 Å². The van der Waals surface area contributed by atoms with E-state index >= 15 is 0 Å². The third kappa shape index (κ3) is 4.22. The van der Waals surface area contributed by atoms with Gasteiger partial charge in [0.15, 0.2) is 0 Å². The normalized spacial score (nSPS) is 19.5. The second-order valence-corrected chi connectivity index (χ2v) is 8.27. The number of benzene rings is 1. The number of carbonyl (C=O) groups excluding carboxylic acids is 2. The molecule has 1 N–H and O–H groups in total. The Balaban J connectivity index is 1.39. The topological polar surface area (TPSA) is 62.3 Å². The first-order valence-corrected chi connectivity index (χ1v) is 10.4. The Kier molecular flexibility index (Phi) is 5.39. The van der Waals surface area contributed by atoms with E-state index in [-0.39, 0.29) is 23.3 Å². The van der Waals surface area contributed by atoms with Crippen molar-refractivity contribution >= 4 is 23.2 Å². The zero-order chi connectivity index (χ0) is 19.7. The molecule has 2 aliphatic rings. The maximum Gasteiger partial charge on any atom is 0.256 e. The average molecular weight is 405 g/mol. The number of thiazole rings is 1. The van der Waals surface area contributed by atoms with Crippen molar-refractivity contribution in [1.82, 2.24) is 15.2 Å². The van der Waals surface area contributed by atoms with Crippen LogP contribution in [0.4, 0.5) is 8.78 Å². The average Bonchev–Trinajstić information content (AvgIpc) is 3.44. The standard InChI is InChI=1S/C20H21F2N3O2S/c21-14-5-6-16(17(22)8-14)20(27)25-7-1-2-13(10-25)19-24-15(11-28-19)9-23-18(26)12-3-4-12/h5-6,8,11-13H,1-4,7,9-10H2,(H,23,26)/t13-/m1/s1. The molecule has 1 atom stereocenters. The first-order chi connectivity index (χ1) is 13.5. The van der Waals surface area contributed by atoms with Gasteiger partial charge in [-0.2, -0.15) is 0 Å². The fraction of sp³-hybridized carbons (Fsp3) is 0.450. The Morgan fingerprint density at radius 3 is 2.82 bits per heavy atom. The first-order valence-electron chi connectivity index (χ1n) is 9.47. The highest BCUT2D eigenvalue weighted by molar-refractivity contribution is 7.09. The largest absolute Gasteiger partial charge is 0.350 e. The molecule has 0 bridgehead atoms. The van der Waals surface area contributed by atoms with E-state index in [2.05, 4.69) is 10.3 Å². The third-order valence-corrected chi connectivity index (χ3v) is 6.24. The summed E-state index contributed by atoms with van der Waals surface area (Å²) in [6.07, 6.45) is 3.63. The van der Waals surface area contributed by atoms with E-state index in [4.69, 9.17) is 0 Å². The number of nitrogens with one attached hydrogen (secondary N) is 1. The lowest BCUT2D eigenvalue weighted by atomic mass is 9.98. The number of piperidine rings is 1. The van der Waals surface area contributed by atoms with Crippen LogP contribution in [0.15, 0.2) is 23.6 Å². The van der Waals surface area contributed by atoms with Crippen molar-refractivity contribution in [1.29, 1.82) is 0 Å². The van der Waals surface area contributed by atoms with E-state index in [9.17, 15) is 18.4 Å². The molecular weight excluding hydrogens is 384 g/mol. The minimum Gasteiger partial charge on any atom is -0.350 e. The molecule has 2 heterocycles.